The smallest absolute Gasteiger partial charge is 0.271 e. The molecule has 3 unspecified atom stereocenters. The minimum absolute atomic E-state index is 0.0392. The van der Waals surface area contributed by atoms with Gasteiger partial charge >= 0.3 is 0 Å². The highest BCUT2D eigenvalue weighted by Crippen LogP contribution is 2.48. The Morgan fingerprint density at radius 2 is 1.86 bits per heavy atom. The standard InChI is InChI=1S/C16H20N2O4/c1-8(12-5-9-2-3-10(12)4-9)17-18-16(22)11-6-13(19)15(21)14(20)7-11/h6-7,9-10,12,19-21H,2-5H2,1H3,(H,18,22). The lowest BCUT2D eigenvalue weighted by atomic mass is 9.86. The Labute approximate surface area is 128 Å². The van der Waals surface area contributed by atoms with Crippen molar-refractivity contribution in [3.8, 4) is 17.2 Å². The molecule has 0 heterocycles. The van der Waals surface area contributed by atoms with E-state index in [4.69, 9.17) is 0 Å². The van der Waals surface area contributed by atoms with Crippen molar-refractivity contribution in [3.63, 3.8) is 0 Å². The van der Waals surface area contributed by atoms with Crippen LogP contribution in [0.5, 0.6) is 17.2 Å². The quantitative estimate of drug-likeness (QED) is 0.391. The summed E-state index contributed by atoms with van der Waals surface area (Å²) in [7, 11) is 0. The molecule has 2 fully saturated rings. The number of nitrogens with zero attached hydrogens (tertiary/aromatic N) is 1. The highest BCUT2D eigenvalue weighted by Gasteiger charge is 2.40. The van der Waals surface area contributed by atoms with Crippen LogP contribution in [0, 0.1) is 17.8 Å². The van der Waals surface area contributed by atoms with E-state index >= 15 is 0 Å². The Hall–Kier alpha value is -2.24. The van der Waals surface area contributed by atoms with Gasteiger partial charge in [0.05, 0.1) is 0 Å². The van der Waals surface area contributed by atoms with Gasteiger partial charge in [-0.3, -0.25) is 4.79 Å². The molecule has 0 radical (unpaired) electrons. The Morgan fingerprint density at radius 1 is 1.18 bits per heavy atom. The molecule has 0 spiro atoms. The molecule has 22 heavy (non-hydrogen) atoms. The lowest BCUT2D eigenvalue weighted by Crippen LogP contribution is -2.24. The Morgan fingerprint density at radius 3 is 2.41 bits per heavy atom. The number of phenols is 3. The predicted molar refractivity (Wildman–Crippen MR) is 80.9 cm³/mol. The number of hydrazone groups is 1. The zero-order valence-electron chi connectivity index (χ0n) is 12.4. The molecular formula is C16H20N2O4. The number of rotatable bonds is 3. The summed E-state index contributed by atoms with van der Waals surface area (Å²) in [6.45, 7) is 1.93. The van der Waals surface area contributed by atoms with Gasteiger partial charge in [0.2, 0.25) is 0 Å². The summed E-state index contributed by atoms with van der Waals surface area (Å²) in [5, 5.41) is 32.3. The number of benzene rings is 1. The SMILES string of the molecule is CC(=NNC(=O)c1cc(O)c(O)c(O)c1)C1CC2CCC1C2. The summed E-state index contributed by atoms with van der Waals surface area (Å²) in [5.41, 5.74) is 3.42. The highest BCUT2D eigenvalue weighted by molar-refractivity contribution is 5.96. The molecule has 0 aliphatic heterocycles. The molecule has 6 heteroatoms. The second kappa shape index (κ2) is 5.51. The Kier molecular flexibility index (Phi) is 3.68. The van der Waals surface area contributed by atoms with E-state index < -0.39 is 23.2 Å². The zero-order valence-corrected chi connectivity index (χ0v) is 12.4. The molecule has 2 aliphatic carbocycles. The predicted octanol–water partition coefficient (Wildman–Crippen LogP) is 2.35. The van der Waals surface area contributed by atoms with E-state index in [1.807, 2.05) is 6.92 Å². The van der Waals surface area contributed by atoms with Gasteiger partial charge in [0.15, 0.2) is 17.2 Å². The molecule has 1 amide bonds. The third kappa shape index (κ3) is 2.61. The van der Waals surface area contributed by atoms with E-state index in [9.17, 15) is 20.1 Å². The van der Waals surface area contributed by atoms with Crippen LogP contribution in [0.25, 0.3) is 0 Å². The van der Waals surface area contributed by atoms with Crippen molar-refractivity contribution in [2.24, 2.45) is 22.9 Å². The number of hydrogen-bond acceptors (Lipinski definition) is 5. The lowest BCUT2D eigenvalue weighted by molar-refractivity contribution is 0.0953. The molecule has 0 aromatic heterocycles. The first-order chi connectivity index (χ1) is 10.5. The number of carbonyl (C=O) groups is 1. The van der Waals surface area contributed by atoms with Crippen LogP contribution in [0.3, 0.4) is 0 Å². The number of hydrogen-bond donors (Lipinski definition) is 4. The zero-order chi connectivity index (χ0) is 15.9. The summed E-state index contributed by atoms with van der Waals surface area (Å²) >= 11 is 0. The summed E-state index contributed by atoms with van der Waals surface area (Å²) < 4.78 is 0. The largest absolute Gasteiger partial charge is 0.504 e. The van der Waals surface area contributed by atoms with Crippen molar-refractivity contribution in [3.05, 3.63) is 17.7 Å². The van der Waals surface area contributed by atoms with E-state index in [1.165, 1.54) is 19.3 Å². The molecule has 2 saturated carbocycles. The fraction of sp³-hybridized carbons (Fsp3) is 0.500. The van der Waals surface area contributed by atoms with E-state index in [-0.39, 0.29) is 5.56 Å². The van der Waals surface area contributed by atoms with Crippen LogP contribution in [-0.2, 0) is 0 Å². The molecule has 3 atom stereocenters. The van der Waals surface area contributed by atoms with Crippen LogP contribution in [0.2, 0.25) is 0 Å². The fourth-order valence-corrected chi connectivity index (χ4v) is 3.78. The highest BCUT2D eigenvalue weighted by atomic mass is 16.3. The van der Waals surface area contributed by atoms with Gasteiger partial charge in [-0.15, -0.1) is 0 Å². The van der Waals surface area contributed by atoms with Crippen LogP contribution in [0.4, 0.5) is 0 Å². The topological polar surface area (TPSA) is 102 Å². The number of phenolic OH excluding ortho intramolecular Hbond substituents is 3. The second-order valence-corrected chi connectivity index (χ2v) is 6.34. The molecule has 2 bridgehead atoms. The van der Waals surface area contributed by atoms with Crippen LogP contribution in [-0.4, -0.2) is 26.9 Å². The van der Waals surface area contributed by atoms with Gasteiger partial charge in [-0.2, -0.15) is 5.10 Å². The fourth-order valence-electron chi connectivity index (χ4n) is 3.78. The Bertz CT molecular complexity index is 618. The first-order valence-corrected chi connectivity index (χ1v) is 7.55. The maximum atomic E-state index is 12.0. The van der Waals surface area contributed by atoms with Gasteiger partial charge in [-0.25, -0.2) is 5.43 Å². The van der Waals surface area contributed by atoms with Crippen molar-refractivity contribution in [1.82, 2.24) is 5.43 Å². The van der Waals surface area contributed by atoms with E-state index in [0.29, 0.717) is 11.8 Å². The molecule has 4 N–H and O–H groups in total. The minimum atomic E-state index is -0.641. The average Bonchev–Trinajstić information content (AvgIpc) is 3.12. The summed E-state index contributed by atoms with van der Waals surface area (Å²) in [6.07, 6.45) is 4.98. The number of fused-ring (bicyclic) bond motifs is 2. The van der Waals surface area contributed by atoms with Gasteiger partial charge in [-0.05, 0) is 50.2 Å². The molecule has 118 valence electrons. The summed E-state index contributed by atoms with van der Waals surface area (Å²) in [4.78, 5) is 12.0. The average molecular weight is 304 g/mol. The van der Waals surface area contributed by atoms with Gasteiger partial charge < -0.3 is 15.3 Å². The molecule has 1 aromatic rings. The normalized spacial score (nSPS) is 27.1. The maximum Gasteiger partial charge on any atom is 0.271 e. The number of nitrogens with one attached hydrogen (secondary N) is 1. The van der Waals surface area contributed by atoms with Crippen molar-refractivity contribution >= 4 is 11.6 Å². The molecule has 0 saturated heterocycles. The van der Waals surface area contributed by atoms with Crippen molar-refractivity contribution in [2.45, 2.75) is 32.6 Å². The second-order valence-electron chi connectivity index (χ2n) is 6.34. The molecule has 1 aromatic carbocycles. The van der Waals surface area contributed by atoms with Crippen LogP contribution in [0.15, 0.2) is 17.2 Å². The van der Waals surface area contributed by atoms with Gasteiger partial charge in [0.25, 0.3) is 5.91 Å². The Balaban J connectivity index is 1.68. The first-order valence-electron chi connectivity index (χ1n) is 7.55. The van der Waals surface area contributed by atoms with Crippen molar-refractivity contribution in [2.75, 3.05) is 0 Å². The summed E-state index contributed by atoms with van der Waals surface area (Å²) in [6, 6.07) is 2.18. The lowest BCUT2D eigenvalue weighted by Gasteiger charge is -2.21. The van der Waals surface area contributed by atoms with Crippen LogP contribution in [0.1, 0.15) is 43.0 Å². The van der Waals surface area contributed by atoms with E-state index in [2.05, 4.69) is 10.5 Å². The van der Waals surface area contributed by atoms with Gasteiger partial charge in [-0.1, -0.05) is 6.42 Å². The van der Waals surface area contributed by atoms with Crippen molar-refractivity contribution in [1.29, 1.82) is 0 Å². The third-order valence-electron chi connectivity index (χ3n) is 4.94. The summed E-state index contributed by atoms with van der Waals surface area (Å²) in [5.74, 6) is -0.320. The van der Waals surface area contributed by atoms with Gasteiger partial charge in [0.1, 0.15) is 0 Å². The van der Waals surface area contributed by atoms with Gasteiger partial charge in [0, 0.05) is 17.2 Å². The monoisotopic (exact) mass is 304 g/mol. The van der Waals surface area contributed by atoms with E-state index in [0.717, 1.165) is 30.2 Å². The number of carbonyl (C=O) groups excluding carboxylic acids is 1. The third-order valence-corrected chi connectivity index (χ3v) is 4.94. The maximum absolute atomic E-state index is 12.0. The van der Waals surface area contributed by atoms with Crippen LogP contribution < -0.4 is 5.43 Å². The van der Waals surface area contributed by atoms with Crippen LogP contribution >= 0.6 is 0 Å². The number of aromatic hydroxyl groups is 3. The molecule has 3 rings (SSSR count). The molecular weight excluding hydrogens is 284 g/mol. The molecule has 2 aliphatic rings. The first kappa shape index (κ1) is 14.7. The molecule has 6 nitrogen and oxygen atoms in total. The minimum Gasteiger partial charge on any atom is -0.504 e. The van der Waals surface area contributed by atoms with E-state index in [1.54, 1.807) is 0 Å². The van der Waals surface area contributed by atoms with Crippen molar-refractivity contribution < 1.29 is 20.1 Å². The number of amides is 1.